The predicted octanol–water partition coefficient (Wildman–Crippen LogP) is 1.35. The molecule has 100 valence electrons. The van der Waals surface area contributed by atoms with Crippen LogP contribution in [0.2, 0.25) is 0 Å². The lowest BCUT2D eigenvalue weighted by atomic mass is 10.2. The van der Waals surface area contributed by atoms with Gasteiger partial charge in [0.15, 0.2) is 5.65 Å². The lowest BCUT2D eigenvalue weighted by Crippen LogP contribution is -2.41. The van der Waals surface area contributed by atoms with Crippen molar-refractivity contribution in [2.75, 3.05) is 5.32 Å². The highest BCUT2D eigenvalue weighted by molar-refractivity contribution is 5.84. The third-order valence-corrected chi connectivity index (χ3v) is 2.52. The minimum atomic E-state index is -0.357. The van der Waals surface area contributed by atoms with E-state index in [1.165, 1.54) is 0 Å². The van der Waals surface area contributed by atoms with Crippen LogP contribution in [0.3, 0.4) is 0 Å². The lowest BCUT2D eigenvalue weighted by Gasteiger charge is -2.16. The van der Waals surface area contributed by atoms with Gasteiger partial charge in [-0.15, -0.1) is 0 Å². The summed E-state index contributed by atoms with van der Waals surface area (Å²) in [6.45, 7) is 5.64. The largest absolute Gasteiger partial charge is 0.359 e. The average molecular weight is 259 g/mol. The molecule has 2 N–H and O–H groups in total. The molecule has 2 aromatic heterocycles. The van der Waals surface area contributed by atoms with Crippen LogP contribution < -0.4 is 10.6 Å². The van der Waals surface area contributed by atoms with Crippen molar-refractivity contribution in [3.05, 3.63) is 24.5 Å². The van der Waals surface area contributed by atoms with Crippen LogP contribution in [0.5, 0.6) is 0 Å². The van der Waals surface area contributed by atoms with Gasteiger partial charge in [-0.3, -0.25) is 9.78 Å². The molecular formula is C13H17N5O. The van der Waals surface area contributed by atoms with E-state index in [-0.39, 0.29) is 18.0 Å². The topological polar surface area (TPSA) is 79.8 Å². The van der Waals surface area contributed by atoms with Crippen LogP contribution in [-0.2, 0) is 4.79 Å². The Bertz CT molecular complexity index is 584. The van der Waals surface area contributed by atoms with Gasteiger partial charge in [-0.05, 0) is 32.9 Å². The lowest BCUT2D eigenvalue weighted by molar-refractivity contribution is -0.122. The van der Waals surface area contributed by atoms with E-state index in [0.717, 1.165) is 5.52 Å². The van der Waals surface area contributed by atoms with Crippen LogP contribution in [0.1, 0.15) is 20.8 Å². The quantitative estimate of drug-likeness (QED) is 0.866. The number of rotatable bonds is 4. The maximum Gasteiger partial charge on any atom is 0.242 e. The van der Waals surface area contributed by atoms with Crippen LogP contribution in [0.15, 0.2) is 24.5 Å². The number of hydrogen-bond donors (Lipinski definition) is 2. The van der Waals surface area contributed by atoms with Crippen LogP contribution >= 0.6 is 0 Å². The number of pyridine rings is 1. The zero-order chi connectivity index (χ0) is 13.8. The number of aromatic nitrogens is 3. The summed E-state index contributed by atoms with van der Waals surface area (Å²) in [5.41, 5.74) is 1.29. The molecule has 0 aliphatic heterocycles. The van der Waals surface area contributed by atoms with Gasteiger partial charge in [0, 0.05) is 18.4 Å². The fourth-order valence-electron chi connectivity index (χ4n) is 1.63. The maximum atomic E-state index is 11.8. The molecule has 1 amide bonds. The summed E-state index contributed by atoms with van der Waals surface area (Å²) in [6, 6.07) is 3.37. The van der Waals surface area contributed by atoms with Gasteiger partial charge in [0.05, 0.1) is 0 Å². The third-order valence-electron chi connectivity index (χ3n) is 2.52. The van der Waals surface area contributed by atoms with Gasteiger partial charge < -0.3 is 10.6 Å². The fourth-order valence-corrected chi connectivity index (χ4v) is 1.63. The molecule has 0 bridgehead atoms. The summed E-state index contributed by atoms with van der Waals surface area (Å²) in [6.07, 6.45) is 3.21. The first-order valence-electron chi connectivity index (χ1n) is 6.21. The normalized spacial score (nSPS) is 12.4. The van der Waals surface area contributed by atoms with Gasteiger partial charge in [0.25, 0.3) is 0 Å². The smallest absolute Gasteiger partial charge is 0.242 e. The number of amides is 1. The van der Waals surface area contributed by atoms with Crippen molar-refractivity contribution in [2.45, 2.75) is 32.9 Å². The fraction of sp³-hybridized carbons (Fsp3) is 0.385. The standard InChI is InChI=1S/C13H17N5O/c1-8(2)16-13(19)9(3)17-11-5-4-10-12(18-11)15-7-6-14-10/h4-9H,1-3H3,(H,16,19)(H,15,17,18). The first-order chi connectivity index (χ1) is 9.06. The van der Waals surface area contributed by atoms with Crippen LogP contribution in [0.25, 0.3) is 11.2 Å². The van der Waals surface area contributed by atoms with Gasteiger partial charge in [-0.2, -0.15) is 0 Å². The Kier molecular flexibility index (Phi) is 3.89. The molecule has 0 aromatic carbocycles. The number of fused-ring (bicyclic) bond motifs is 1. The van der Waals surface area contributed by atoms with E-state index < -0.39 is 0 Å². The van der Waals surface area contributed by atoms with E-state index in [0.29, 0.717) is 11.5 Å². The Balaban J connectivity index is 2.10. The van der Waals surface area contributed by atoms with Crippen LogP contribution in [0, 0.1) is 0 Å². The van der Waals surface area contributed by atoms with Gasteiger partial charge in [-0.1, -0.05) is 0 Å². The monoisotopic (exact) mass is 259 g/mol. The minimum Gasteiger partial charge on any atom is -0.359 e. The molecule has 0 aliphatic carbocycles. The molecule has 1 unspecified atom stereocenters. The molecule has 0 saturated carbocycles. The van der Waals surface area contributed by atoms with E-state index in [2.05, 4.69) is 25.6 Å². The summed E-state index contributed by atoms with van der Waals surface area (Å²) >= 11 is 0. The van der Waals surface area contributed by atoms with Crippen molar-refractivity contribution in [1.29, 1.82) is 0 Å². The van der Waals surface area contributed by atoms with Crippen molar-refractivity contribution in [3.8, 4) is 0 Å². The average Bonchev–Trinajstić information content (AvgIpc) is 2.37. The molecule has 2 heterocycles. The molecule has 6 heteroatoms. The van der Waals surface area contributed by atoms with E-state index >= 15 is 0 Å². The number of carbonyl (C=O) groups excluding carboxylic acids is 1. The van der Waals surface area contributed by atoms with Gasteiger partial charge in [0.1, 0.15) is 17.4 Å². The molecule has 19 heavy (non-hydrogen) atoms. The molecular weight excluding hydrogens is 242 g/mol. The van der Waals surface area contributed by atoms with E-state index in [1.807, 2.05) is 19.9 Å². The Morgan fingerprint density at radius 3 is 2.63 bits per heavy atom. The van der Waals surface area contributed by atoms with Crippen LogP contribution in [-0.4, -0.2) is 32.9 Å². The first-order valence-corrected chi connectivity index (χ1v) is 6.21. The Labute approximate surface area is 111 Å². The Hall–Kier alpha value is -2.24. The Morgan fingerprint density at radius 1 is 1.16 bits per heavy atom. The summed E-state index contributed by atoms with van der Waals surface area (Å²) < 4.78 is 0. The van der Waals surface area contributed by atoms with Gasteiger partial charge in [0.2, 0.25) is 5.91 Å². The van der Waals surface area contributed by atoms with Gasteiger partial charge in [-0.25, -0.2) is 9.97 Å². The molecule has 6 nitrogen and oxygen atoms in total. The highest BCUT2D eigenvalue weighted by atomic mass is 16.2. The molecule has 2 aromatic rings. The number of nitrogens with zero attached hydrogens (tertiary/aromatic N) is 3. The summed E-state index contributed by atoms with van der Waals surface area (Å²) in [5, 5.41) is 5.89. The molecule has 1 atom stereocenters. The number of carbonyl (C=O) groups is 1. The summed E-state index contributed by atoms with van der Waals surface area (Å²) in [7, 11) is 0. The van der Waals surface area contributed by atoms with Crippen molar-refractivity contribution in [1.82, 2.24) is 20.3 Å². The molecule has 0 spiro atoms. The highest BCUT2D eigenvalue weighted by Crippen LogP contribution is 2.11. The van der Waals surface area contributed by atoms with E-state index in [4.69, 9.17) is 0 Å². The predicted molar refractivity (Wildman–Crippen MR) is 73.7 cm³/mol. The second-order valence-corrected chi connectivity index (χ2v) is 4.62. The second kappa shape index (κ2) is 5.60. The van der Waals surface area contributed by atoms with E-state index in [1.54, 1.807) is 25.4 Å². The van der Waals surface area contributed by atoms with Crippen molar-refractivity contribution >= 4 is 22.9 Å². The maximum absolute atomic E-state index is 11.8. The molecule has 2 rings (SSSR count). The highest BCUT2D eigenvalue weighted by Gasteiger charge is 2.13. The van der Waals surface area contributed by atoms with Crippen molar-refractivity contribution < 1.29 is 4.79 Å². The SMILES string of the molecule is CC(C)NC(=O)C(C)Nc1ccc2nccnc2n1. The van der Waals surface area contributed by atoms with E-state index in [9.17, 15) is 4.79 Å². The second-order valence-electron chi connectivity index (χ2n) is 4.62. The molecule has 0 radical (unpaired) electrons. The zero-order valence-electron chi connectivity index (χ0n) is 11.2. The summed E-state index contributed by atoms with van der Waals surface area (Å²) in [4.78, 5) is 24.4. The number of anilines is 1. The molecule has 0 aliphatic rings. The first kappa shape index (κ1) is 13.2. The third kappa shape index (κ3) is 3.37. The van der Waals surface area contributed by atoms with Crippen molar-refractivity contribution in [2.24, 2.45) is 0 Å². The minimum absolute atomic E-state index is 0.0592. The molecule has 0 saturated heterocycles. The number of nitrogens with one attached hydrogen (secondary N) is 2. The van der Waals surface area contributed by atoms with Gasteiger partial charge >= 0.3 is 0 Å². The number of hydrogen-bond acceptors (Lipinski definition) is 5. The molecule has 0 fully saturated rings. The van der Waals surface area contributed by atoms with Crippen LogP contribution in [0.4, 0.5) is 5.82 Å². The van der Waals surface area contributed by atoms with Crippen molar-refractivity contribution in [3.63, 3.8) is 0 Å². The Morgan fingerprint density at radius 2 is 1.89 bits per heavy atom. The zero-order valence-corrected chi connectivity index (χ0v) is 11.2. The summed E-state index contributed by atoms with van der Waals surface area (Å²) in [5.74, 6) is 0.551.